The fourth-order valence-electron chi connectivity index (χ4n) is 7.27. The van der Waals surface area contributed by atoms with Crippen molar-refractivity contribution in [2.45, 2.75) is 96.9 Å². The molecule has 0 aliphatic heterocycles. The third-order valence-corrected chi connectivity index (χ3v) is 9.18. The minimum Gasteiger partial charge on any atom is -0.393 e. The molecule has 3 nitrogen and oxygen atoms in total. The highest BCUT2D eigenvalue weighted by Gasteiger charge is 2.50. The number of fused-ring (bicyclic) bond motifs is 1. The highest BCUT2D eigenvalue weighted by atomic mass is 16.3. The van der Waals surface area contributed by atoms with E-state index in [0.717, 1.165) is 29.6 Å². The summed E-state index contributed by atoms with van der Waals surface area (Å²) in [5.41, 5.74) is 5.14. The maximum atomic E-state index is 10.4. The molecule has 3 aliphatic carbocycles. The number of aliphatic hydroxyl groups excluding tert-OH is 2. The van der Waals surface area contributed by atoms with Gasteiger partial charge in [-0.05, 0) is 104 Å². The van der Waals surface area contributed by atoms with Crippen LogP contribution in [0, 0.1) is 23.2 Å². The Hall–Kier alpha value is -1.68. The average Bonchev–Trinajstić information content (AvgIpc) is 3.12. The van der Waals surface area contributed by atoms with Crippen LogP contribution in [0.15, 0.2) is 59.7 Å². The summed E-state index contributed by atoms with van der Waals surface area (Å²) in [5, 5.41) is 30.7. The molecule has 0 spiro atoms. The molecule has 1 unspecified atom stereocenters. The predicted octanol–water partition coefficient (Wildman–Crippen LogP) is 6.23. The molecule has 186 valence electrons. The van der Waals surface area contributed by atoms with Gasteiger partial charge >= 0.3 is 0 Å². The van der Waals surface area contributed by atoms with Gasteiger partial charge in [0.1, 0.15) is 0 Å². The van der Waals surface area contributed by atoms with E-state index in [1.54, 1.807) is 5.57 Å². The number of aliphatic hydroxyl groups is 3. The van der Waals surface area contributed by atoms with Gasteiger partial charge in [0.25, 0.3) is 0 Å². The van der Waals surface area contributed by atoms with Gasteiger partial charge in [-0.2, -0.15) is 0 Å². The molecule has 3 fully saturated rings. The van der Waals surface area contributed by atoms with Gasteiger partial charge in [-0.15, -0.1) is 0 Å². The van der Waals surface area contributed by atoms with E-state index in [-0.39, 0.29) is 0 Å². The maximum absolute atomic E-state index is 10.4. The fourth-order valence-corrected chi connectivity index (χ4v) is 7.27. The Balaban J connectivity index is 1.51. The van der Waals surface area contributed by atoms with E-state index in [4.69, 9.17) is 0 Å². The van der Waals surface area contributed by atoms with Gasteiger partial charge in [-0.1, -0.05) is 62.4 Å². The lowest BCUT2D eigenvalue weighted by molar-refractivity contribution is 0.0782. The SMILES string of the molecule is C=C1/C(=C\C=C2/CCCC3(C)[C@@H]([C@H](C)Cc4cccc(C(C)(C)O)c4)CC[C@@H]23)C[C@@H](O)C[C@@H]1O. The molecular formula is C31H44O3. The van der Waals surface area contributed by atoms with Gasteiger partial charge in [0.05, 0.1) is 17.8 Å². The van der Waals surface area contributed by atoms with Crippen LogP contribution >= 0.6 is 0 Å². The molecule has 0 heterocycles. The second-order valence-corrected chi connectivity index (χ2v) is 12.1. The Morgan fingerprint density at radius 3 is 2.71 bits per heavy atom. The van der Waals surface area contributed by atoms with Crippen molar-refractivity contribution in [1.82, 2.24) is 0 Å². The van der Waals surface area contributed by atoms with Crippen molar-refractivity contribution >= 4 is 0 Å². The second-order valence-electron chi connectivity index (χ2n) is 12.1. The van der Waals surface area contributed by atoms with E-state index in [2.05, 4.69) is 50.8 Å². The zero-order valence-electron chi connectivity index (χ0n) is 21.6. The van der Waals surface area contributed by atoms with Crippen LogP contribution in [0.1, 0.15) is 83.8 Å². The molecule has 0 aromatic heterocycles. The summed E-state index contributed by atoms with van der Waals surface area (Å²) in [6.45, 7) is 12.7. The van der Waals surface area contributed by atoms with E-state index in [9.17, 15) is 15.3 Å². The molecule has 3 N–H and O–H groups in total. The Morgan fingerprint density at radius 2 is 1.97 bits per heavy atom. The van der Waals surface area contributed by atoms with Gasteiger partial charge in [-0.25, -0.2) is 0 Å². The van der Waals surface area contributed by atoms with Crippen molar-refractivity contribution in [2.24, 2.45) is 23.2 Å². The number of rotatable bonds is 5. The van der Waals surface area contributed by atoms with Crippen LogP contribution in [0.2, 0.25) is 0 Å². The molecule has 4 rings (SSSR count). The van der Waals surface area contributed by atoms with Crippen molar-refractivity contribution < 1.29 is 15.3 Å². The van der Waals surface area contributed by atoms with Crippen LogP contribution in [0.25, 0.3) is 0 Å². The average molecular weight is 465 g/mol. The molecule has 0 bridgehead atoms. The highest BCUT2D eigenvalue weighted by molar-refractivity contribution is 5.38. The smallest absolute Gasteiger partial charge is 0.0840 e. The van der Waals surface area contributed by atoms with E-state index < -0.39 is 17.8 Å². The van der Waals surface area contributed by atoms with Gasteiger partial charge in [0.15, 0.2) is 0 Å². The lowest BCUT2D eigenvalue weighted by atomic mass is 9.60. The van der Waals surface area contributed by atoms with E-state index in [1.165, 1.54) is 31.2 Å². The number of benzene rings is 1. The Morgan fingerprint density at radius 1 is 1.21 bits per heavy atom. The van der Waals surface area contributed by atoms with Crippen LogP contribution in [-0.2, 0) is 12.0 Å². The fraction of sp³-hybridized carbons (Fsp3) is 0.613. The monoisotopic (exact) mass is 464 g/mol. The molecule has 1 aromatic rings. The normalized spacial score (nSPS) is 35.6. The van der Waals surface area contributed by atoms with Crippen LogP contribution < -0.4 is 0 Å². The third kappa shape index (κ3) is 5.12. The van der Waals surface area contributed by atoms with Crippen LogP contribution in [-0.4, -0.2) is 27.5 Å². The first kappa shape index (κ1) is 25.4. The highest BCUT2D eigenvalue weighted by Crippen LogP contribution is 2.59. The van der Waals surface area contributed by atoms with Crippen LogP contribution in [0.4, 0.5) is 0 Å². The molecule has 6 atom stereocenters. The minimum absolute atomic E-state index is 0.318. The zero-order valence-corrected chi connectivity index (χ0v) is 21.6. The number of hydrogen-bond donors (Lipinski definition) is 3. The summed E-state index contributed by atoms with van der Waals surface area (Å²) in [4.78, 5) is 0. The Kier molecular flexibility index (Phi) is 7.29. The Bertz CT molecular complexity index is 965. The lowest BCUT2D eigenvalue weighted by Crippen LogP contribution is -2.36. The zero-order chi connectivity index (χ0) is 24.7. The van der Waals surface area contributed by atoms with E-state index >= 15 is 0 Å². The molecule has 3 heteroatoms. The predicted molar refractivity (Wildman–Crippen MR) is 139 cm³/mol. The summed E-state index contributed by atoms with van der Waals surface area (Å²) in [6, 6.07) is 8.49. The summed E-state index contributed by atoms with van der Waals surface area (Å²) >= 11 is 0. The third-order valence-electron chi connectivity index (χ3n) is 9.18. The lowest BCUT2D eigenvalue weighted by Gasteiger charge is -2.44. The summed E-state index contributed by atoms with van der Waals surface area (Å²) in [5.74, 6) is 1.89. The number of allylic oxidation sites excluding steroid dienone is 3. The molecule has 0 radical (unpaired) electrons. The summed E-state index contributed by atoms with van der Waals surface area (Å²) < 4.78 is 0. The number of hydrogen-bond acceptors (Lipinski definition) is 3. The van der Waals surface area contributed by atoms with Gasteiger partial charge < -0.3 is 15.3 Å². The Labute approximate surface area is 206 Å². The van der Waals surface area contributed by atoms with Crippen molar-refractivity contribution in [2.75, 3.05) is 0 Å². The van der Waals surface area contributed by atoms with Crippen LogP contribution in [0.5, 0.6) is 0 Å². The maximum Gasteiger partial charge on any atom is 0.0840 e. The molecule has 3 saturated carbocycles. The minimum atomic E-state index is -0.809. The second kappa shape index (κ2) is 9.76. The molecule has 0 amide bonds. The van der Waals surface area contributed by atoms with Gasteiger partial charge in [0, 0.05) is 6.42 Å². The molecule has 1 aromatic carbocycles. The largest absolute Gasteiger partial charge is 0.393 e. The van der Waals surface area contributed by atoms with Crippen LogP contribution in [0.3, 0.4) is 0 Å². The van der Waals surface area contributed by atoms with Crippen molar-refractivity contribution in [3.8, 4) is 0 Å². The van der Waals surface area contributed by atoms with Crippen molar-refractivity contribution in [1.29, 1.82) is 0 Å². The molecule has 0 saturated heterocycles. The molecular weight excluding hydrogens is 420 g/mol. The standard InChI is InChI=1S/C31H44O3/c1-20(16-22-8-6-10-25(17-22)30(3,4)34)27-13-14-28-23(9-7-15-31(27,28)5)11-12-24-18-26(32)19-29(33)21(24)2/h6,8,10-12,17,20,26-29,32-34H,2,7,9,13-16,18-19H2,1,3-5H3/b23-11+,24-12-/t20-,26-,27-,28+,29+,31?/m1/s1. The molecule has 34 heavy (non-hydrogen) atoms. The summed E-state index contributed by atoms with van der Waals surface area (Å²) in [7, 11) is 0. The van der Waals surface area contributed by atoms with E-state index in [1.807, 2.05) is 19.9 Å². The van der Waals surface area contributed by atoms with E-state index in [0.29, 0.717) is 36.0 Å². The van der Waals surface area contributed by atoms with Crippen molar-refractivity contribution in [3.63, 3.8) is 0 Å². The topological polar surface area (TPSA) is 60.7 Å². The first-order chi connectivity index (χ1) is 16.0. The van der Waals surface area contributed by atoms with Crippen molar-refractivity contribution in [3.05, 3.63) is 70.8 Å². The van der Waals surface area contributed by atoms with Gasteiger partial charge in [-0.3, -0.25) is 0 Å². The first-order valence-corrected chi connectivity index (χ1v) is 13.3. The molecule has 3 aliphatic rings. The summed E-state index contributed by atoms with van der Waals surface area (Å²) in [6.07, 6.45) is 11.5. The first-order valence-electron chi connectivity index (χ1n) is 13.3. The van der Waals surface area contributed by atoms with Gasteiger partial charge in [0.2, 0.25) is 0 Å². The quantitative estimate of drug-likeness (QED) is 0.484.